The number of carbonyl (C=O) groups is 1. The molecule has 3 aromatic rings. The first-order valence-corrected chi connectivity index (χ1v) is 10.7. The van der Waals surface area contributed by atoms with Gasteiger partial charge in [-0.15, -0.1) is 0 Å². The normalized spacial score (nSPS) is 15.6. The molecule has 156 valence electrons. The number of nitrogens with one attached hydrogen (secondary N) is 1. The summed E-state index contributed by atoms with van der Waals surface area (Å²) in [5.41, 5.74) is 2.45. The van der Waals surface area contributed by atoms with Gasteiger partial charge in [-0.05, 0) is 36.8 Å². The summed E-state index contributed by atoms with van der Waals surface area (Å²) < 4.78 is 11.7. The second-order valence-electron chi connectivity index (χ2n) is 7.55. The third-order valence-electron chi connectivity index (χ3n) is 5.40. The Morgan fingerprint density at radius 1 is 1.00 bits per heavy atom. The maximum atomic E-state index is 13.4. The number of unbranched alkanes of at least 4 members (excludes halogenated alkanes) is 3. The summed E-state index contributed by atoms with van der Waals surface area (Å²) in [4.78, 5) is 15.2. The molecule has 2 heterocycles. The van der Waals surface area contributed by atoms with E-state index in [0.717, 1.165) is 35.6 Å². The quantitative estimate of drug-likeness (QED) is 0.444. The molecule has 1 atom stereocenters. The number of hydrogen-bond acceptors (Lipinski definition) is 4. The van der Waals surface area contributed by atoms with Crippen molar-refractivity contribution in [1.82, 2.24) is 4.90 Å². The Morgan fingerprint density at radius 3 is 2.67 bits per heavy atom. The van der Waals surface area contributed by atoms with Crippen LogP contribution < -0.4 is 10.1 Å². The average molecular weight is 405 g/mol. The highest BCUT2D eigenvalue weighted by molar-refractivity contribution is 6.01. The van der Waals surface area contributed by atoms with Gasteiger partial charge in [0.2, 0.25) is 0 Å². The van der Waals surface area contributed by atoms with Crippen LogP contribution in [-0.2, 0) is 6.54 Å². The molecule has 1 amide bonds. The molecule has 1 unspecified atom stereocenters. The van der Waals surface area contributed by atoms with E-state index in [-0.39, 0.29) is 12.1 Å². The van der Waals surface area contributed by atoms with Crippen LogP contribution in [0.5, 0.6) is 5.75 Å². The third-order valence-corrected chi connectivity index (χ3v) is 5.40. The zero-order valence-corrected chi connectivity index (χ0v) is 17.3. The molecule has 5 nitrogen and oxygen atoms in total. The van der Waals surface area contributed by atoms with Crippen molar-refractivity contribution >= 4 is 11.6 Å². The highest BCUT2D eigenvalue weighted by Gasteiger charge is 2.34. The van der Waals surface area contributed by atoms with Gasteiger partial charge in [0.05, 0.1) is 25.0 Å². The van der Waals surface area contributed by atoms with Gasteiger partial charge in [-0.1, -0.05) is 56.5 Å². The summed E-state index contributed by atoms with van der Waals surface area (Å²) in [5.74, 6) is 1.53. The number of hydrogen-bond donors (Lipinski definition) is 1. The van der Waals surface area contributed by atoms with E-state index in [1.54, 1.807) is 11.2 Å². The van der Waals surface area contributed by atoms with Crippen LogP contribution in [0.3, 0.4) is 0 Å². The standard InChI is InChI=1S/C25H28N2O3/c1-2-3-4-9-16-30-23-15-8-6-13-21(23)24-26-22-14-7-5-12-20(22)25(28)27(24)18-19-11-10-17-29-19/h5-8,10-15,17,24,26H,2-4,9,16,18H2,1H3. The number of rotatable bonds is 9. The summed E-state index contributed by atoms with van der Waals surface area (Å²) >= 11 is 0. The van der Waals surface area contributed by atoms with E-state index in [2.05, 4.69) is 12.2 Å². The number of anilines is 1. The smallest absolute Gasteiger partial charge is 0.258 e. The lowest BCUT2D eigenvalue weighted by molar-refractivity contribution is 0.0648. The van der Waals surface area contributed by atoms with Gasteiger partial charge in [0.25, 0.3) is 5.91 Å². The number of benzene rings is 2. The first-order valence-electron chi connectivity index (χ1n) is 10.7. The molecular formula is C25H28N2O3. The molecule has 5 heteroatoms. The van der Waals surface area contributed by atoms with Gasteiger partial charge in [0, 0.05) is 11.3 Å². The summed E-state index contributed by atoms with van der Waals surface area (Å²) in [5, 5.41) is 3.54. The van der Waals surface area contributed by atoms with Crippen LogP contribution in [0.25, 0.3) is 0 Å². The van der Waals surface area contributed by atoms with Crippen molar-refractivity contribution in [3.8, 4) is 5.75 Å². The lowest BCUT2D eigenvalue weighted by atomic mass is 10.0. The summed E-state index contributed by atoms with van der Waals surface area (Å²) in [6.07, 6.45) is 5.90. The van der Waals surface area contributed by atoms with Crippen LogP contribution in [0.2, 0.25) is 0 Å². The highest BCUT2D eigenvalue weighted by atomic mass is 16.5. The molecule has 0 aliphatic carbocycles. The maximum absolute atomic E-state index is 13.4. The van der Waals surface area contributed by atoms with Gasteiger partial charge in [0.1, 0.15) is 17.7 Å². The molecule has 0 bridgehead atoms. The Hall–Kier alpha value is -3.21. The SMILES string of the molecule is CCCCCCOc1ccccc1C1Nc2ccccc2C(=O)N1Cc1ccco1. The minimum absolute atomic E-state index is 0.0245. The number of para-hydroxylation sites is 2. The van der Waals surface area contributed by atoms with Crippen LogP contribution >= 0.6 is 0 Å². The van der Waals surface area contributed by atoms with E-state index in [4.69, 9.17) is 9.15 Å². The highest BCUT2D eigenvalue weighted by Crippen LogP contribution is 2.37. The van der Waals surface area contributed by atoms with Gasteiger partial charge in [-0.3, -0.25) is 4.79 Å². The topological polar surface area (TPSA) is 54.7 Å². The fourth-order valence-electron chi connectivity index (χ4n) is 3.82. The number of ether oxygens (including phenoxy) is 1. The summed E-state index contributed by atoms with van der Waals surface area (Å²) in [6.45, 7) is 3.25. The predicted molar refractivity (Wildman–Crippen MR) is 117 cm³/mol. The van der Waals surface area contributed by atoms with Crippen molar-refractivity contribution in [3.63, 3.8) is 0 Å². The molecule has 0 saturated heterocycles. The van der Waals surface area contributed by atoms with Crippen molar-refractivity contribution < 1.29 is 13.9 Å². The van der Waals surface area contributed by atoms with Gasteiger partial charge in [-0.2, -0.15) is 0 Å². The van der Waals surface area contributed by atoms with Gasteiger partial charge < -0.3 is 19.4 Å². The second kappa shape index (κ2) is 9.53. The molecule has 1 aromatic heterocycles. The van der Waals surface area contributed by atoms with Crippen LogP contribution in [0.15, 0.2) is 71.3 Å². The van der Waals surface area contributed by atoms with Crippen molar-refractivity contribution in [2.24, 2.45) is 0 Å². The van der Waals surface area contributed by atoms with E-state index in [1.165, 1.54) is 12.8 Å². The number of carbonyl (C=O) groups excluding carboxylic acids is 1. The van der Waals surface area contributed by atoms with Crippen molar-refractivity contribution in [2.75, 3.05) is 11.9 Å². The molecule has 2 aromatic carbocycles. The number of nitrogens with zero attached hydrogens (tertiary/aromatic N) is 1. The average Bonchev–Trinajstić information content (AvgIpc) is 3.29. The molecule has 0 fully saturated rings. The Bertz CT molecular complexity index is 968. The summed E-state index contributed by atoms with van der Waals surface area (Å²) in [7, 11) is 0. The Morgan fingerprint density at radius 2 is 1.83 bits per heavy atom. The van der Waals surface area contributed by atoms with Crippen LogP contribution in [0.1, 0.15) is 60.5 Å². The minimum Gasteiger partial charge on any atom is -0.493 e. The Labute approximate surface area is 177 Å². The van der Waals surface area contributed by atoms with Crippen LogP contribution in [-0.4, -0.2) is 17.4 Å². The second-order valence-corrected chi connectivity index (χ2v) is 7.55. The fraction of sp³-hybridized carbons (Fsp3) is 0.320. The molecule has 0 radical (unpaired) electrons. The molecule has 1 N–H and O–H groups in total. The molecule has 1 aliphatic rings. The zero-order chi connectivity index (χ0) is 20.8. The first kappa shape index (κ1) is 20.1. The van der Waals surface area contributed by atoms with Gasteiger partial charge in [-0.25, -0.2) is 0 Å². The number of amides is 1. The van der Waals surface area contributed by atoms with Gasteiger partial charge in [0.15, 0.2) is 0 Å². The van der Waals surface area contributed by atoms with Crippen LogP contribution in [0.4, 0.5) is 5.69 Å². The van der Waals surface area contributed by atoms with E-state index in [9.17, 15) is 4.79 Å². The lowest BCUT2D eigenvalue weighted by Crippen LogP contribution is -2.42. The molecule has 0 saturated carbocycles. The molecular weight excluding hydrogens is 376 g/mol. The number of fused-ring (bicyclic) bond motifs is 1. The fourth-order valence-corrected chi connectivity index (χ4v) is 3.82. The van der Waals surface area contributed by atoms with Crippen LogP contribution in [0, 0.1) is 0 Å². The van der Waals surface area contributed by atoms with E-state index in [0.29, 0.717) is 18.7 Å². The number of furan rings is 1. The first-order chi connectivity index (χ1) is 14.8. The zero-order valence-electron chi connectivity index (χ0n) is 17.3. The van der Waals surface area contributed by atoms with E-state index in [1.807, 2.05) is 60.7 Å². The predicted octanol–water partition coefficient (Wildman–Crippen LogP) is 6.01. The maximum Gasteiger partial charge on any atom is 0.258 e. The molecule has 30 heavy (non-hydrogen) atoms. The van der Waals surface area contributed by atoms with Crippen molar-refractivity contribution in [2.45, 2.75) is 45.3 Å². The molecule has 0 spiro atoms. The Balaban J connectivity index is 1.63. The largest absolute Gasteiger partial charge is 0.493 e. The molecule has 1 aliphatic heterocycles. The monoisotopic (exact) mass is 404 g/mol. The lowest BCUT2D eigenvalue weighted by Gasteiger charge is -2.38. The van der Waals surface area contributed by atoms with Crippen molar-refractivity contribution in [1.29, 1.82) is 0 Å². The van der Waals surface area contributed by atoms with Crippen molar-refractivity contribution in [3.05, 3.63) is 83.8 Å². The molecule has 4 rings (SSSR count). The third kappa shape index (κ3) is 4.35. The van der Waals surface area contributed by atoms with E-state index >= 15 is 0 Å². The Kier molecular flexibility index (Phi) is 6.38. The van der Waals surface area contributed by atoms with Gasteiger partial charge >= 0.3 is 0 Å². The van der Waals surface area contributed by atoms with E-state index < -0.39 is 0 Å². The summed E-state index contributed by atoms with van der Waals surface area (Å²) in [6, 6.07) is 19.3. The minimum atomic E-state index is -0.343.